The Kier molecular flexibility index (Phi) is 2.65. The molecule has 0 radical (unpaired) electrons. The Bertz CT molecular complexity index is 385. The van der Waals surface area contributed by atoms with Gasteiger partial charge in [-0.2, -0.15) is 0 Å². The molecule has 0 atom stereocenters. The first-order valence-electron chi connectivity index (χ1n) is 5.01. The molecule has 2 nitrogen and oxygen atoms in total. The summed E-state index contributed by atoms with van der Waals surface area (Å²) in [7, 11) is 1.67. The number of methoxy groups -OCH3 is 1. The van der Waals surface area contributed by atoms with Crippen LogP contribution >= 0.6 is 11.6 Å². The van der Waals surface area contributed by atoms with Crippen LogP contribution in [0.5, 0.6) is 5.75 Å². The first-order valence-corrected chi connectivity index (χ1v) is 5.39. The van der Waals surface area contributed by atoms with Gasteiger partial charge in [-0.05, 0) is 31.5 Å². The smallest absolute Gasteiger partial charge is 0.129 e. The van der Waals surface area contributed by atoms with Gasteiger partial charge in [-0.3, -0.25) is 0 Å². The van der Waals surface area contributed by atoms with Crippen molar-refractivity contribution in [3.63, 3.8) is 0 Å². The molecule has 1 aromatic carbocycles. The van der Waals surface area contributed by atoms with E-state index in [0.717, 1.165) is 22.8 Å². The summed E-state index contributed by atoms with van der Waals surface area (Å²) >= 11 is 6.05. The lowest BCUT2D eigenvalue weighted by Gasteiger charge is -2.18. The predicted octanol–water partition coefficient (Wildman–Crippen LogP) is 3.20. The highest BCUT2D eigenvalue weighted by Crippen LogP contribution is 2.39. The number of ether oxygens (including phenoxy) is 2. The van der Waals surface area contributed by atoms with Gasteiger partial charge in [-0.1, -0.05) is 11.6 Å². The molecule has 0 amide bonds. The maximum Gasteiger partial charge on any atom is 0.129 e. The lowest BCUT2D eigenvalue weighted by molar-refractivity contribution is 0.130. The molecule has 0 unspecified atom stereocenters. The second-order valence-corrected chi connectivity index (χ2v) is 4.96. The molecular weight excluding hydrogens is 212 g/mol. The van der Waals surface area contributed by atoms with Crippen LogP contribution in [0.2, 0.25) is 5.02 Å². The van der Waals surface area contributed by atoms with Crippen molar-refractivity contribution in [1.82, 2.24) is 0 Å². The van der Waals surface area contributed by atoms with Crippen molar-refractivity contribution in [3.05, 3.63) is 28.3 Å². The van der Waals surface area contributed by atoms with E-state index in [1.54, 1.807) is 7.11 Å². The fraction of sp³-hybridized carbons (Fsp3) is 0.500. The van der Waals surface area contributed by atoms with Crippen LogP contribution in [0.3, 0.4) is 0 Å². The SMILES string of the molecule is COCc1cc(Cl)cc2c1OC(C)(C)C2. The lowest BCUT2D eigenvalue weighted by Crippen LogP contribution is -2.24. The zero-order valence-electron chi connectivity index (χ0n) is 9.26. The van der Waals surface area contributed by atoms with Gasteiger partial charge >= 0.3 is 0 Å². The fourth-order valence-electron chi connectivity index (χ4n) is 2.01. The van der Waals surface area contributed by atoms with Crippen molar-refractivity contribution in [2.75, 3.05) is 7.11 Å². The van der Waals surface area contributed by atoms with Gasteiger partial charge in [0.15, 0.2) is 0 Å². The highest BCUT2D eigenvalue weighted by molar-refractivity contribution is 6.30. The Morgan fingerprint density at radius 3 is 2.87 bits per heavy atom. The Hall–Kier alpha value is -0.730. The molecule has 82 valence electrons. The largest absolute Gasteiger partial charge is 0.487 e. The summed E-state index contributed by atoms with van der Waals surface area (Å²) in [6.07, 6.45) is 0.902. The number of rotatable bonds is 2. The van der Waals surface area contributed by atoms with Crippen LogP contribution in [0.25, 0.3) is 0 Å². The van der Waals surface area contributed by atoms with Crippen LogP contribution in [-0.4, -0.2) is 12.7 Å². The van der Waals surface area contributed by atoms with Gasteiger partial charge in [0.05, 0.1) is 6.61 Å². The summed E-state index contributed by atoms with van der Waals surface area (Å²) < 4.78 is 11.0. The van der Waals surface area contributed by atoms with Gasteiger partial charge in [0, 0.05) is 24.1 Å². The molecule has 2 rings (SSSR count). The van der Waals surface area contributed by atoms with Gasteiger partial charge in [-0.15, -0.1) is 0 Å². The van der Waals surface area contributed by atoms with Gasteiger partial charge in [0.1, 0.15) is 11.4 Å². The normalized spacial score (nSPS) is 17.3. The van der Waals surface area contributed by atoms with Gasteiger partial charge in [0.25, 0.3) is 0 Å². The van der Waals surface area contributed by atoms with Crippen LogP contribution < -0.4 is 4.74 Å². The molecular formula is C12H15ClO2. The minimum atomic E-state index is -0.129. The number of hydrogen-bond acceptors (Lipinski definition) is 2. The summed E-state index contributed by atoms with van der Waals surface area (Å²) in [6.45, 7) is 4.70. The molecule has 0 aromatic heterocycles. The summed E-state index contributed by atoms with van der Waals surface area (Å²) in [5.74, 6) is 0.950. The molecule has 0 saturated heterocycles. The summed E-state index contributed by atoms with van der Waals surface area (Å²) in [4.78, 5) is 0. The van der Waals surface area contributed by atoms with Crippen molar-refractivity contribution in [2.45, 2.75) is 32.5 Å². The fourth-order valence-corrected chi connectivity index (χ4v) is 2.27. The molecule has 0 fully saturated rings. The number of hydrogen-bond donors (Lipinski definition) is 0. The molecule has 0 N–H and O–H groups in total. The average Bonchev–Trinajstić information content (AvgIpc) is 2.40. The zero-order chi connectivity index (χ0) is 11.1. The summed E-state index contributed by atoms with van der Waals surface area (Å²) in [5.41, 5.74) is 2.08. The highest BCUT2D eigenvalue weighted by atomic mass is 35.5. The molecule has 1 aromatic rings. The van der Waals surface area contributed by atoms with E-state index in [2.05, 4.69) is 13.8 Å². The monoisotopic (exact) mass is 226 g/mol. The van der Waals surface area contributed by atoms with Crippen LogP contribution in [0.4, 0.5) is 0 Å². The summed E-state index contributed by atoms with van der Waals surface area (Å²) in [5, 5.41) is 0.752. The third-order valence-electron chi connectivity index (χ3n) is 2.50. The van der Waals surface area contributed by atoms with E-state index >= 15 is 0 Å². The Labute approximate surface area is 95.1 Å². The van der Waals surface area contributed by atoms with E-state index < -0.39 is 0 Å². The Balaban J connectivity index is 2.43. The van der Waals surface area contributed by atoms with Crippen molar-refractivity contribution in [2.24, 2.45) is 0 Å². The standard InChI is InChI=1S/C12H15ClO2/c1-12(2)6-8-4-10(13)5-9(7-14-3)11(8)15-12/h4-5H,6-7H2,1-3H3. The number of benzene rings is 1. The molecule has 0 aliphatic carbocycles. The Morgan fingerprint density at radius 2 is 2.20 bits per heavy atom. The van der Waals surface area contributed by atoms with Crippen LogP contribution in [0.15, 0.2) is 12.1 Å². The van der Waals surface area contributed by atoms with E-state index in [1.807, 2.05) is 12.1 Å². The molecule has 0 spiro atoms. The van der Waals surface area contributed by atoms with Gasteiger partial charge in [-0.25, -0.2) is 0 Å². The molecule has 15 heavy (non-hydrogen) atoms. The van der Waals surface area contributed by atoms with E-state index in [1.165, 1.54) is 5.56 Å². The first kappa shape index (κ1) is 10.8. The molecule has 0 bridgehead atoms. The Morgan fingerprint density at radius 1 is 1.47 bits per heavy atom. The first-order chi connectivity index (χ1) is 7.02. The second-order valence-electron chi connectivity index (χ2n) is 4.52. The average molecular weight is 227 g/mol. The highest BCUT2D eigenvalue weighted by Gasteiger charge is 2.32. The van der Waals surface area contributed by atoms with Crippen LogP contribution in [0, 0.1) is 0 Å². The van der Waals surface area contributed by atoms with Gasteiger partial charge < -0.3 is 9.47 Å². The van der Waals surface area contributed by atoms with E-state index in [4.69, 9.17) is 21.1 Å². The van der Waals surface area contributed by atoms with Gasteiger partial charge in [0.2, 0.25) is 0 Å². The van der Waals surface area contributed by atoms with E-state index in [0.29, 0.717) is 6.61 Å². The van der Waals surface area contributed by atoms with Crippen molar-refractivity contribution in [3.8, 4) is 5.75 Å². The minimum Gasteiger partial charge on any atom is -0.487 e. The number of halogens is 1. The maximum atomic E-state index is 6.05. The quantitative estimate of drug-likeness (QED) is 0.771. The third kappa shape index (κ3) is 2.11. The van der Waals surface area contributed by atoms with Crippen molar-refractivity contribution < 1.29 is 9.47 Å². The molecule has 1 aliphatic rings. The number of fused-ring (bicyclic) bond motifs is 1. The summed E-state index contributed by atoms with van der Waals surface area (Å²) in [6, 6.07) is 3.89. The molecule has 1 heterocycles. The second kappa shape index (κ2) is 3.69. The van der Waals surface area contributed by atoms with E-state index in [-0.39, 0.29) is 5.60 Å². The molecule has 1 aliphatic heterocycles. The zero-order valence-corrected chi connectivity index (χ0v) is 10.0. The lowest BCUT2D eigenvalue weighted by atomic mass is 10.0. The molecule has 0 saturated carbocycles. The topological polar surface area (TPSA) is 18.5 Å². The minimum absolute atomic E-state index is 0.129. The predicted molar refractivity (Wildman–Crippen MR) is 60.6 cm³/mol. The third-order valence-corrected chi connectivity index (χ3v) is 2.72. The van der Waals surface area contributed by atoms with Crippen LogP contribution in [-0.2, 0) is 17.8 Å². The van der Waals surface area contributed by atoms with Crippen LogP contribution in [0.1, 0.15) is 25.0 Å². The maximum absolute atomic E-state index is 6.05. The molecule has 3 heteroatoms. The van der Waals surface area contributed by atoms with Crippen molar-refractivity contribution in [1.29, 1.82) is 0 Å². The van der Waals surface area contributed by atoms with E-state index in [9.17, 15) is 0 Å². The van der Waals surface area contributed by atoms with Crippen molar-refractivity contribution >= 4 is 11.6 Å².